The van der Waals surface area contributed by atoms with Crippen molar-refractivity contribution >= 4 is 23.1 Å². The summed E-state index contributed by atoms with van der Waals surface area (Å²) in [6.45, 7) is 0. The molecule has 1 spiro atoms. The topological polar surface area (TPSA) is 60.0 Å². The second-order valence-corrected chi connectivity index (χ2v) is 10.6. The van der Waals surface area contributed by atoms with Crippen LogP contribution in [0.25, 0.3) is 17.4 Å². The SMILES string of the molecule is CN(C)c1ccc(C2=CC3=C(c4ccc(C=C(C#N)C#N)cc4)C4c5ccccc5C3(O2)c2ccccc24)cc1. The van der Waals surface area contributed by atoms with Crippen molar-refractivity contribution in [1.82, 2.24) is 0 Å². The van der Waals surface area contributed by atoms with Crippen molar-refractivity contribution in [2.45, 2.75) is 11.5 Å². The first-order valence-corrected chi connectivity index (χ1v) is 13.3. The average Bonchev–Trinajstić information content (AvgIpc) is 3.42. The van der Waals surface area contributed by atoms with Crippen molar-refractivity contribution in [3.8, 4) is 12.1 Å². The van der Waals surface area contributed by atoms with E-state index in [2.05, 4.69) is 95.9 Å². The van der Waals surface area contributed by atoms with Crippen molar-refractivity contribution in [3.05, 3.63) is 153 Å². The lowest BCUT2D eigenvalue weighted by Crippen LogP contribution is -2.41. The van der Waals surface area contributed by atoms with E-state index in [-0.39, 0.29) is 11.5 Å². The first kappa shape index (κ1) is 23.8. The Hall–Kier alpha value is -5.32. The normalized spacial score (nSPS) is 19.3. The molecule has 2 bridgehead atoms. The Balaban J connectivity index is 1.46. The number of hydrogen-bond acceptors (Lipinski definition) is 4. The lowest BCUT2D eigenvalue weighted by atomic mass is 9.58. The van der Waals surface area contributed by atoms with E-state index in [4.69, 9.17) is 4.74 Å². The molecule has 3 aliphatic carbocycles. The maximum absolute atomic E-state index is 9.20. The van der Waals surface area contributed by atoms with E-state index >= 15 is 0 Å². The van der Waals surface area contributed by atoms with Gasteiger partial charge in [0.15, 0.2) is 5.60 Å². The molecule has 0 aromatic heterocycles. The quantitative estimate of drug-likeness (QED) is 0.266. The molecule has 1 aliphatic heterocycles. The Morgan fingerprint density at radius 1 is 0.775 bits per heavy atom. The third-order valence-corrected chi connectivity index (χ3v) is 8.24. The van der Waals surface area contributed by atoms with E-state index < -0.39 is 5.60 Å². The lowest BCUT2D eigenvalue weighted by Gasteiger charge is -2.48. The molecule has 0 amide bonds. The molecule has 4 heteroatoms. The lowest BCUT2D eigenvalue weighted by molar-refractivity contribution is 0.126. The Kier molecular flexibility index (Phi) is 5.27. The van der Waals surface area contributed by atoms with Crippen LogP contribution in [0.5, 0.6) is 0 Å². The van der Waals surface area contributed by atoms with Crippen LogP contribution in [-0.4, -0.2) is 14.1 Å². The Morgan fingerprint density at radius 3 is 1.93 bits per heavy atom. The van der Waals surface area contributed by atoms with E-state index in [1.807, 2.05) is 38.4 Å². The summed E-state index contributed by atoms with van der Waals surface area (Å²) in [6.07, 6.45) is 3.85. The highest BCUT2D eigenvalue weighted by Gasteiger charge is 2.57. The van der Waals surface area contributed by atoms with Gasteiger partial charge in [-0.05, 0) is 64.2 Å². The molecule has 0 saturated heterocycles. The Morgan fingerprint density at radius 2 is 1.35 bits per heavy atom. The average molecular weight is 516 g/mol. The van der Waals surface area contributed by atoms with Gasteiger partial charge in [0.05, 0.1) is 0 Å². The molecule has 0 fully saturated rings. The highest BCUT2D eigenvalue weighted by Crippen LogP contribution is 2.65. The van der Waals surface area contributed by atoms with Crippen LogP contribution in [0.3, 0.4) is 0 Å². The molecule has 40 heavy (non-hydrogen) atoms. The largest absolute Gasteiger partial charge is 0.472 e. The Bertz CT molecular complexity index is 1800. The van der Waals surface area contributed by atoms with Gasteiger partial charge in [-0.3, -0.25) is 0 Å². The zero-order chi connectivity index (χ0) is 27.4. The Labute approximate surface area is 234 Å². The summed E-state index contributed by atoms with van der Waals surface area (Å²) in [5.74, 6) is 0.923. The van der Waals surface area contributed by atoms with Gasteiger partial charge in [0, 0.05) is 48.0 Å². The van der Waals surface area contributed by atoms with Crippen molar-refractivity contribution in [1.29, 1.82) is 10.5 Å². The van der Waals surface area contributed by atoms with E-state index in [1.165, 1.54) is 33.4 Å². The minimum Gasteiger partial charge on any atom is -0.472 e. The van der Waals surface area contributed by atoms with Gasteiger partial charge in [-0.15, -0.1) is 0 Å². The van der Waals surface area contributed by atoms with Crippen molar-refractivity contribution < 1.29 is 4.74 Å². The van der Waals surface area contributed by atoms with Gasteiger partial charge >= 0.3 is 0 Å². The number of allylic oxidation sites excluding steroid dienone is 2. The molecular weight excluding hydrogens is 490 g/mol. The molecule has 0 unspecified atom stereocenters. The highest BCUT2D eigenvalue weighted by molar-refractivity contribution is 5.93. The molecule has 190 valence electrons. The van der Waals surface area contributed by atoms with E-state index in [1.54, 1.807) is 6.08 Å². The zero-order valence-corrected chi connectivity index (χ0v) is 22.2. The molecule has 4 aromatic carbocycles. The highest BCUT2D eigenvalue weighted by atomic mass is 16.5. The fourth-order valence-corrected chi connectivity index (χ4v) is 6.47. The molecular formula is C36H25N3O. The van der Waals surface area contributed by atoms with Gasteiger partial charge in [0.25, 0.3) is 0 Å². The third kappa shape index (κ3) is 3.30. The first-order valence-electron chi connectivity index (χ1n) is 13.3. The number of benzene rings is 4. The van der Waals surface area contributed by atoms with Gasteiger partial charge in [0.2, 0.25) is 0 Å². The van der Waals surface area contributed by atoms with Crippen LogP contribution in [-0.2, 0) is 10.3 Å². The van der Waals surface area contributed by atoms with Crippen LogP contribution < -0.4 is 4.90 Å². The molecule has 0 atom stereocenters. The fraction of sp³-hybridized carbons (Fsp3) is 0.111. The van der Waals surface area contributed by atoms with Gasteiger partial charge in [0.1, 0.15) is 23.5 Å². The summed E-state index contributed by atoms with van der Waals surface area (Å²) in [4.78, 5) is 2.09. The predicted molar refractivity (Wildman–Crippen MR) is 158 cm³/mol. The summed E-state index contributed by atoms with van der Waals surface area (Å²) in [6, 6.07) is 37.8. The maximum atomic E-state index is 9.20. The van der Waals surface area contributed by atoms with Crippen molar-refractivity contribution in [2.24, 2.45) is 0 Å². The number of rotatable bonds is 4. The molecule has 0 N–H and O–H groups in total. The van der Waals surface area contributed by atoms with Crippen LogP contribution in [0.4, 0.5) is 5.69 Å². The van der Waals surface area contributed by atoms with E-state index in [0.717, 1.165) is 28.1 Å². The molecule has 0 radical (unpaired) electrons. The number of hydrogen-bond donors (Lipinski definition) is 0. The maximum Gasteiger partial charge on any atom is 0.185 e. The molecule has 4 aliphatic rings. The van der Waals surface area contributed by atoms with Crippen molar-refractivity contribution in [3.63, 3.8) is 0 Å². The predicted octanol–water partition coefficient (Wildman–Crippen LogP) is 7.41. The second-order valence-electron chi connectivity index (χ2n) is 10.6. The monoisotopic (exact) mass is 515 g/mol. The summed E-state index contributed by atoms with van der Waals surface area (Å²) in [7, 11) is 4.08. The molecule has 4 nitrogen and oxygen atoms in total. The van der Waals surface area contributed by atoms with Crippen molar-refractivity contribution in [2.75, 3.05) is 19.0 Å². The fourth-order valence-electron chi connectivity index (χ4n) is 6.47. The smallest absolute Gasteiger partial charge is 0.185 e. The van der Waals surface area contributed by atoms with E-state index in [9.17, 15) is 10.5 Å². The van der Waals surface area contributed by atoms with Gasteiger partial charge in [-0.2, -0.15) is 10.5 Å². The number of ether oxygens (including phenoxy) is 1. The van der Waals surface area contributed by atoms with Gasteiger partial charge in [-0.25, -0.2) is 0 Å². The summed E-state index contributed by atoms with van der Waals surface area (Å²) in [5.41, 5.74) is 10.8. The summed E-state index contributed by atoms with van der Waals surface area (Å²) < 4.78 is 7.14. The summed E-state index contributed by atoms with van der Waals surface area (Å²) >= 11 is 0. The minimum atomic E-state index is -0.736. The van der Waals surface area contributed by atoms with Crippen LogP contribution in [0.1, 0.15) is 44.9 Å². The van der Waals surface area contributed by atoms with Crippen LogP contribution in [0, 0.1) is 22.7 Å². The molecule has 1 heterocycles. The second kappa shape index (κ2) is 8.87. The number of anilines is 1. The molecule has 8 rings (SSSR count). The number of nitrogens with zero attached hydrogens (tertiary/aromatic N) is 3. The first-order chi connectivity index (χ1) is 19.5. The van der Waals surface area contributed by atoms with E-state index in [0.29, 0.717) is 0 Å². The van der Waals surface area contributed by atoms with Gasteiger partial charge in [-0.1, -0.05) is 72.8 Å². The molecule has 4 aromatic rings. The molecule has 0 saturated carbocycles. The standard InChI is InChI=1S/C36H25N3O/c1-39(2)27-17-15-25(16-18-27)33-20-32-34(26-13-11-23(12-14-26)19-24(21-37)22-38)35-28-7-3-5-9-30(28)36(32,40-33)31-10-6-4-8-29(31)35/h3-20,35H,1-2H3. The third-order valence-electron chi connectivity index (χ3n) is 8.24. The van der Waals surface area contributed by atoms with Crippen LogP contribution in [0.2, 0.25) is 0 Å². The minimum absolute atomic E-state index is 0.0646. The van der Waals surface area contributed by atoms with Gasteiger partial charge < -0.3 is 9.64 Å². The van der Waals surface area contributed by atoms with Crippen LogP contribution >= 0.6 is 0 Å². The summed E-state index contributed by atoms with van der Waals surface area (Å²) in [5, 5.41) is 18.4. The van der Waals surface area contributed by atoms with Crippen LogP contribution in [0.15, 0.2) is 114 Å². The number of nitriles is 2. The zero-order valence-electron chi connectivity index (χ0n) is 22.2.